The van der Waals surface area contributed by atoms with Crippen molar-refractivity contribution in [3.8, 4) is 0 Å². The van der Waals surface area contributed by atoms with E-state index in [0.29, 0.717) is 12.5 Å². The van der Waals surface area contributed by atoms with E-state index in [1.54, 1.807) is 11.3 Å². The minimum absolute atomic E-state index is 0.329. The molecule has 0 spiro atoms. The summed E-state index contributed by atoms with van der Waals surface area (Å²) in [5, 5.41) is 12.1. The Morgan fingerprint density at radius 1 is 1.57 bits per heavy atom. The minimum Gasteiger partial charge on any atom is -0.396 e. The molecule has 1 aromatic rings. The molecule has 0 bridgehead atoms. The number of halogens is 1. The van der Waals surface area contributed by atoms with Gasteiger partial charge in [0.05, 0.1) is 0 Å². The molecule has 2 heterocycles. The maximum atomic E-state index is 9.01. The predicted octanol–water partition coefficient (Wildman–Crippen LogP) is 2.11. The van der Waals surface area contributed by atoms with Gasteiger partial charge < -0.3 is 10.0 Å². The van der Waals surface area contributed by atoms with E-state index in [1.165, 1.54) is 0 Å². The Hall–Kier alpha value is -0.130. The molecule has 0 unspecified atom stereocenters. The Kier molecular flexibility index (Phi) is 3.41. The Labute approximate surface area is 95.9 Å². The monoisotopic (exact) mass is 276 g/mol. The van der Waals surface area contributed by atoms with Crippen LogP contribution in [0.25, 0.3) is 0 Å². The van der Waals surface area contributed by atoms with Gasteiger partial charge in [-0.25, -0.2) is 4.98 Å². The molecule has 1 N–H and O–H groups in total. The zero-order valence-electron chi connectivity index (χ0n) is 7.82. The molecule has 78 valence electrons. The Bertz CT molecular complexity index is 297. The van der Waals surface area contributed by atoms with Crippen molar-refractivity contribution in [2.75, 3.05) is 24.6 Å². The molecule has 0 radical (unpaired) electrons. The maximum absolute atomic E-state index is 9.01. The number of hydrogen-bond donors (Lipinski definition) is 1. The third kappa shape index (κ3) is 2.27. The van der Waals surface area contributed by atoms with Crippen LogP contribution < -0.4 is 4.90 Å². The van der Waals surface area contributed by atoms with Crippen molar-refractivity contribution in [3.63, 3.8) is 0 Å². The van der Waals surface area contributed by atoms with E-state index in [-0.39, 0.29) is 0 Å². The molecule has 0 atom stereocenters. The van der Waals surface area contributed by atoms with Crippen molar-refractivity contribution < 1.29 is 5.11 Å². The van der Waals surface area contributed by atoms with Crippen LogP contribution in [0.15, 0.2) is 9.98 Å². The highest BCUT2D eigenvalue weighted by atomic mass is 79.9. The number of anilines is 1. The highest BCUT2D eigenvalue weighted by Gasteiger charge is 2.20. The average molecular weight is 277 g/mol. The molecular weight excluding hydrogens is 264 g/mol. The van der Waals surface area contributed by atoms with Crippen LogP contribution in [0.5, 0.6) is 0 Å². The number of aliphatic hydroxyl groups excluding tert-OH is 1. The van der Waals surface area contributed by atoms with Gasteiger partial charge in [0.1, 0.15) is 4.60 Å². The fourth-order valence-electron chi connectivity index (χ4n) is 1.70. The Balaban J connectivity index is 1.95. The number of hydrogen-bond acceptors (Lipinski definition) is 4. The molecule has 1 aromatic heterocycles. The zero-order valence-corrected chi connectivity index (χ0v) is 10.2. The number of rotatable bonds is 2. The molecule has 5 heteroatoms. The third-order valence-corrected chi connectivity index (χ3v) is 4.22. The highest BCUT2D eigenvalue weighted by Crippen LogP contribution is 2.27. The van der Waals surface area contributed by atoms with Gasteiger partial charge in [-0.15, -0.1) is 11.3 Å². The fraction of sp³-hybridized carbons (Fsp3) is 0.667. The molecule has 2 rings (SSSR count). The highest BCUT2D eigenvalue weighted by molar-refractivity contribution is 9.10. The van der Waals surface area contributed by atoms with E-state index in [0.717, 1.165) is 35.7 Å². The number of aliphatic hydroxyl groups is 1. The summed E-state index contributed by atoms with van der Waals surface area (Å²) >= 11 is 5.03. The maximum Gasteiger partial charge on any atom is 0.186 e. The standard InChI is InChI=1S/C9H13BrN2OS/c10-8-6-14-9(11-8)12-3-1-7(5-13)2-4-12/h6-7,13H,1-5H2. The van der Waals surface area contributed by atoms with E-state index in [9.17, 15) is 0 Å². The van der Waals surface area contributed by atoms with Gasteiger partial charge in [-0.1, -0.05) is 0 Å². The van der Waals surface area contributed by atoms with Crippen molar-refractivity contribution in [2.24, 2.45) is 5.92 Å². The molecule has 0 saturated carbocycles. The quantitative estimate of drug-likeness (QED) is 0.899. The average Bonchev–Trinajstić information content (AvgIpc) is 2.65. The predicted molar refractivity (Wildman–Crippen MR) is 61.8 cm³/mol. The van der Waals surface area contributed by atoms with E-state index in [1.807, 2.05) is 5.38 Å². The van der Waals surface area contributed by atoms with E-state index in [2.05, 4.69) is 25.8 Å². The van der Waals surface area contributed by atoms with Crippen molar-refractivity contribution in [3.05, 3.63) is 9.98 Å². The molecule has 14 heavy (non-hydrogen) atoms. The van der Waals surface area contributed by atoms with Crippen LogP contribution in [-0.2, 0) is 0 Å². The Morgan fingerprint density at radius 2 is 2.29 bits per heavy atom. The topological polar surface area (TPSA) is 36.4 Å². The molecule has 1 saturated heterocycles. The van der Waals surface area contributed by atoms with Crippen LogP contribution in [0.2, 0.25) is 0 Å². The number of nitrogens with zero attached hydrogens (tertiary/aromatic N) is 2. The summed E-state index contributed by atoms with van der Waals surface area (Å²) in [4.78, 5) is 6.68. The summed E-state index contributed by atoms with van der Waals surface area (Å²) in [7, 11) is 0. The largest absolute Gasteiger partial charge is 0.396 e. The van der Waals surface area contributed by atoms with Gasteiger partial charge in [-0.2, -0.15) is 0 Å². The first-order valence-corrected chi connectivity index (χ1v) is 6.43. The molecule has 1 aliphatic rings. The van der Waals surface area contributed by atoms with Gasteiger partial charge in [0, 0.05) is 25.1 Å². The molecular formula is C9H13BrN2OS. The second-order valence-corrected chi connectivity index (χ2v) is 5.21. The van der Waals surface area contributed by atoms with Crippen molar-refractivity contribution in [1.29, 1.82) is 0 Å². The summed E-state index contributed by atoms with van der Waals surface area (Å²) < 4.78 is 0.918. The first-order valence-electron chi connectivity index (χ1n) is 4.76. The van der Waals surface area contributed by atoms with Gasteiger partial charge in [-0.05, 0) is 34.7 Å². The lowest BCUT2D eigenvalue weighted by Crippen LogP contribution is -2.34. The SMILES string of the molecule is OCC1CCN(c2nc(Br)cs2)CC1. The van der Waals surface area contributed by atoms with E-state index >= 15 is 0 Å². The Morgan fingerprint density at radius 3 is 2.79 bits per heavy atom. The summed E-state index contributed by atoms with van der Waals surface area (Å²) in [6, 6.07) is 0. The number of piperidine rings is 1. The lowest BCUT2D eigenvalue weighted by molar-refractivity contribution is 0.203. The van der Waals surface area contributed by atoms with Gasteiger partial charge in [0.15, 0.2) is 5.13 Å². The van der Waals surface area contributed by atoms with Gasteiger partial charge >= 0.3 is 0 Å². The number of thiazole rings is 1. The lowest BCUT2D eigenvalue weighted by atomic mass is 9.98. The van der Waals surface area contributed by atoms with Crippen molar-refractivity contribution in [2.45, 2.75) is 12.8 Å². The van der Waals surface area contributed by atoms with Crippen molar-refractivity contribution >= 4 is 32.4 Å². The zero-order chi connectivity index (χ0) is 9.97. The summed E-state index contributed by atoms with van der Waals surface area (Å²) in [6.07, 6.45) is 2.15. The normalized spacial score (nSPS) is 18.9. The van der Waals surface area contributed by atoms with Gasteiger partial charge in [-0.3, -0.25) is 0 Å². The smallest absolute Gasteiger partial charge is 0.186 e. The molecule has 1 fully saturated rings. The summed E-state index contributed by atoms with van der Waals surface area (Å²) in [6.45, 7) is 2.37. The molecule has 0 aliphatic carbocycles. The number of aromatic nitrogens is 1. The van der Waals surface area contributed by atoms with Crippen LogP contribution in [-0.4, -0.2) is 29.8 Å². The summed E-state index contributed by atoms with van der Waals surface area (Å²) in [5.74, 6) is 0.495. The second-order valence-electron chi connectivity index (χ2n) is 3.57. The van der Waals surface area contributed by atoms with E-state index < -0.39 is 0 Å². The van der Waals surface area contributed by atoms with Gasteiger partial charge in [0.2, 0.25) is 0 Å². The van der Waals surface area contributed by atoms with Gasteiger partial charge in [0.25, 0.3) is 0 Å². The van der Waals surface area contributed by atoms with Crippen LogP contribution in [0.3, 0.4) is 0 Å². The van der Waals surface area contributed by atoms with Crippen LogP contribution in [0.4, 0.5) is 5.13 Å². The van der Waals surface area contributed by atoms with Crippen LogP contribution >= 0.6 is 27.3 Å². The summed E-state index contributed by atoms with van der Waals surface area (Å²) in [5.41, 5.74) is 0. The second kappa shape index (κ2) is 4.59. The van der Waals surface area contributed by atoms with Crippen molar-refractivity contribution in [1.82, 2.24) is 4.98 Å². The fourth-order valence-corrected chi connectivity index (χ4v) is 3.00. The first kappa shape index (κ1) is 10.4. The van der Waals surface area contributed by atoms with Crippen LogP contribution in [0.1, 0.15) is 12.8 Å². The van der Waals surface area contributed by atoms with E-state index in [4.69, 9.17) is 5.11 Å². The molecule has 1 aliphatic heterocycles. The first-order chi connectivity index (χ1) is 6.79. The lowest BCUT2D eigenvalue weighted by Gasteiger charge is -2.30. The minimum atomic E-state index is 0.329. The van der Waals surface area contributed by atoms with Crippen LogP contribution in [0, 0.1) is 5.92 Å². The third-order valence-electron chi connectivity index (χ3n) is 2.61. The molecule has 0 amide bonds. The molecule has 3 nitrogen and oxygen atoms in total. The molecule has 0 aromatic carbocycles.